The number of furan rings is 1. The van der Waals surface area contributed by atoms with Gasteiger partial charge in [-0.15, -0.1) is 0 Å². The fourth-order valence-electron chi connectivity index (χ4n) is 1.21. The van der Waals surface area contributed by atoms with Crippen molar-refractivity contribution >= 4 is 21.8 Å². The molecule has 1 rings (SSSR count). The summed E-state index contributed by atoms with van der Waals surface area (Å²) in [5, 5.41) is 12.7. The van der Waals surface area contributed by atoms with Gasteiger partial charge in [0.1, 0.15) is 0 Å². The summed E-state index contributed by atoms with van der Waals surface area (Å²) in [6.45, 7) is 7.50. The van der Waals surface area contributed by atoms with E-state index >= 15 is 0 Å². The monoisotopic (exact) mass is 303 g/mol. The second kappa shape index (κ2) is 5.23. The molecule has 0 aliphatic rings. The van der Waals surface area contributed by atoms with Gasteiger partial charge in [0.2, 0.25) is 0 Å². The van der Waals surface area contributed by atoms with Crippen LogP contribution in [0.15, 0.2) is 15.2 Å². The summed E-state index contributed by atoms with van der Waals surface area (Å²) >= 11 is 3.17. The predicted molar refractivity (Wildman–Crippen MR) is 68.9 cm³/mol. The van der Waals surface area contributed by atoms with Crippen LogP contribution >= 0.6 is 15.9 Å². The lowest BCUT2D eigenvalue weighted by atomic mass is 9.92. The van der Waals surface area contributed by atoms with E-state index < -0.39 is 5.60 Å². The minimum atomic E-state index is -0.923. The Labute approximate surface area is 110 Å². The molecule has 2 N–H and O–H groups in total. The maximum Gasteiger partial charge on any atom is 0.287 e. The summed E-state index contributed by atoms with van der Waals surface area (Å²) in [7, 11) is 0. The van der Waals surface area contributed by atoms with Crippen LogP contribution in [0.2, 0.25) is 0 Å². The normalized spacial score (nSPS) is 14.8. The Bertz CT molecular complexity index is 410. The van der Waals surface area contributed by atoms with Gasteiger partial charge in [-0.25, -0.2) is 0 Å². The molecule has 1 unspecified atom stereocenters. The number of amides is 1. The van der Waals surface area contributed by atoms with Crippen molar-refractivity contribution < 1.29 is 14.3 Å². The highest BCUT2D eigenvalue weighted by atomic mass is 79.9. The van der Waals surface area contributed by atoms with Crippen molar-refractivity contribution in [1.82, 2.24) is 5.32 Å². The van der Waals surface area contributed by atoms with Crippen LogP contribution in [0.4, 0.5) is 0 Å². The van der Waals surface area contributed by atoms with Crippen molar-refractivity contribution in [1.29, 1.82) is 0 Å². The number of aliphatic hydroxyl groups is 1. The molecule has 1 atom stereocenters. The topological polar surface area (TPSA) is 62.5 Å². The quantitative estimate of drug-likeness (QED) is 0.898. The van der Waals surface area contributed by atoms with Gasteiger partial charge in [-0.1, -0.05) is 13.8 Å². The molecule has 0 radical (unpaired) electrons. The van der Waals surface area contributed by atoms with E-state index in [0.29, 0.717) is 4.67 Å². The van der Waals surface area contributed by atoms with E-state index in [0.717, 1.165) is 5.56 Å². The van der Waals surface area contributed by atoms with E-state index in [1.807, 2.05) is 13.8 Å². The maximum absolute atomic E-state index is 11.8. The molecule has 0 spiro atoms. The molecule has 1 heterocycles. The molecular weight excluding hydrogens is 286 g/mol. The molecule has 0 aliphatic carbocycles. The number of aryl methyl sites for hydroxylation is 1. The van der Waals surface area contributed by atoms with Gasteiger partial charge < -0.3 is 14.8 Å². The highest BCUT2D eigenvalue weighted by molar-refractivity contribution is 9.10. The summed E-state index contributed by atoms with van der Waals surface area (Å²) in [4.78, 5) is 11.8. The van der Waals surface area contributed by atoms with E-state index in [2.05, 4.69) is 21.2 Å². The first-order valence-electron chi connectivity index (χ1n) is 5.50. The van der Waals surface area contributed by atoms with Crippen LogP contribution in [0, 0.1) is 12.8 Å². The number of carbonyl (C=O) groups is 1. The molecule has 4 nitrogen and oxygen atoms in total. The lowest BCUT2D eigenvalue weighted by Crippen LogP contribution is -2.44. The van der Waals surface area contributed by atoms with Gasteiger partial charge in [0.15, 0.2) is 10.4 Å². The van der Waals surface area contributed by atoms with E-state index in [4.69, 9.17) is 4.42 Å². The van der Waals surface area contributed by atoms with E-state index in [1.165, 1.54) is 0 Å². The Morgan fingerprint density at radius 1 is 1.65 bits per heavy atom. The number of hydrogen-bond donors (Lipinski definition) is 2. The van der Waals surface area contributed by atoms with Crippen LogP contribution in [-0.4, -0.2) is 23.2 Å². The molecular formula is C12H18BrNO3. The number of halogens is 1. The van der Waals surface area contributed by atoms with Gasteiger partial charge in [-0.05, 0) is 41.8 Å². The first kappa shape index (κ1) is 14.3. The summed E-state index contributed by atoms with van der Waals surface area (Å²) in [6, 6.07) is 1.73. The van der Waals surface area contributed by atoms with Crippen LogP contribution in [0.1, 0.15) is 36.9 Å². The van der Waals surface area contributed by atoms with E-state index in [9.17, 15) is 9.90 Å². The molecule has 96 valence electrons. The summed E-state index contributed by atoms with van der Waals surface area (Å²) in [6.07, 6.45) is 0. The Morgan fingerprint density at radius 3 is 2.65 bits per heavy atom. The zero-order valence-corrected chi connectivity index (χ0v) is 12.1. The molecule has 0 saturated heterocycles. The third-order valence-corrected chi connectivity index (χ3v) is 3.34. The first-order chi connectivity index (χ1) is 7.74. The first-order valence-corrected chi connectivity index (χ1v) is 6.30. The number of hydrogen-bond acceptors (Lipinski definition) is 3. The van der Waals surface area contributed by atoms with Crippen LogP contribution in [0.3, 0.4) is 0 Å². The lowest BCUT2D eigenvalue weighted by Gasteiger charge is -2.27. The van der Waals surface area contributed by atoms with Crippen molar-refractivity contribution in [2.24, 2.45) is 5.92 Å². The van der Waals surface area contributed by atoms with Crippen LogP contribution in [-0.2, 0) is 0 Å². The second-order valence-corrected chi connectivity index (χ2v) is 5.54. The summed E-state index contributed by atoms with van der Waals surface area (Å²) < 4.78 is 5.75. The lowest BCUT2D eigenvalue weighted by molar-refractivity contribution is 0.0139. The van der Waals surface area contributed by atoms with E-state index in [-0.39, 0.29) is 24.1 Å². The van der Waals surface area contributed by atoms with Crippen molar-refractivity contribution in [2.45, 2.75) is 33.3 Å². The van der Waals surface area contributed by atoms with Crippen molar-refractivity contribution in [3.05, 3.63) is 22.1 Å². The third-order valence-electron chi connectivity index (χ3n) is 2.94. The largest absolute Gasteiger partial charge is 0.444 e. The SMILES string of the molecule is Cc1cc(Br)oc1C(=O)NCC(C)(O)C(C)C. The van der Waals surface area contributed by atoms with Crippen LogP contribution < -0.4 is 5.32 Å². The van der Waals surface area contributed by atoms with Gasteiger partial charge in [0.05, 0.1) is 5.60 Å². The zero-order valence-electron chi connectivity index (χ0n) is 10.5. The second-order valence-electron chi connectivity index (χ2n) is 4.76. The molecule has 17 heavy (non-hydrogen) atoms. The van der Waals surface area contributed by atoms with Crippen molar-refractivity contribution in [3.63, 3.8) is 0 Å². The highest BCUT2D eigenvalue weighted by Crippen LogP contribution is 2.20. The van der Waals surface area contributed by atoms with E-state index in [1.54, 1.807) is 19.9 Å². The Morgan fingerprint density at radius 2 is 2.24 bits per heavy atom. The molecule has 0 aromatic carbocycles. The van der Waals surface area contributed by atoms with Crippen molar-refractivity contribution in [3.8, 4) is 0 Å². The molecule has 0 saturated carbocycles. The average molecular weight is 304 g/mol. The number of carbonyl (C=O) groups excluding carboxylic acids is 1. The smallest absolute Gasteiger partial charge is 0.287 e. The van der Waals surface area contributed by atoms with Gasteiger partial charge >= 0.3 is 0 Å². The summed E-state index contributed by atoms with van der Waals surface area (Å²) in [5.74, 6) is 0.0257. The van der Waals surface area contributed by atoms with Crippen LogP contribution in [0.25, 0.3) is 0 Å². The van der Waals surface area contributed by atoms with Gasteiger partial charge in [0, 0.05) is 12.1 Å². The number of nitrogens with one attached hydrogen (secondary N) is 1. The van der Waals surface area contributed by atoms with Gasteiger partial charge in [-0.3, -0.25) is 4.79 Å². The van der Waals surface area contributed by atoms with Crippen LogP contribution in [0.5, 0.6) is 0 Å². The minimum absolute atomic E-state index is 0.0623. The molecule has 0 bridgehead atoms. The van der Waals surface area contributed by atoms with Crippen molar-refractivity contribution in [2.75, 3.05) is 6.54 Å². The predicted octanol–water partition coefficient (Wildman–Crippen LogP) is 2.49. The molecule has 0 aliphatic heterocycles. The maximum atomic E-state index is 11.8. The highest BCUT2D eigenvalue weighted by Gasteiger charge is 2.26. The molecule has 1 amide bonds. The fraction of sp³-hybridized carbons (Fsp3) is 0.583. The zero-order chi connectivity index (χ0) is 13.2. The molecule has 5 heteroatoms. The Hall–Kier alpha value is -0.810. The Kier molecular flexibility index (Phi) is 4.38. The van der Waals surface area contributed by atoms with Gasteiger partial charge in [0.25, 0.3) is 5.91 Å². The minimum Gasteiger partial charge on any atom is -0.444 e. The Balaban J connectivity index is 2.65. The standard InChI is InChI=1S/C12H18BrNO3/c1-7(2)12(4,16)6-14-11(15)10-8(3)5-9(13)17-10/h5,7,16H,6H2,1-4H3,(H,14,15). The fourth-order valence-corrected chi connectivity index (χ4v) is 1.72. The summed E-state index contributed by atoms with van der Waals surface area (Å²) in [5.41, 5.74) is -0.161. The van der Waals surface area contributed by atoms with Gasteiger partial charge in [-0.2, -0.15) is 0 Å². The molecule has 1 aromatic heterocycles. The molecule has 0 fully saturated rings. The average Bonchev–Trinajstić information content (AvgIpc) is 2.54. The molecule has 1 aromatic rings. The number of rotatable bonds is 4. The third kappa shape index (κ3) is 3.57.